The molecule has 2 aliphatic rings. The van der Waals surface area contributed by atoms with E-state index in [0.29, 0.717) is 17.0 Å². The van der Waals surface area contributed by atoms with Crippen LogP contribution in [0.15, 0.2) is 12.1 Å². The van der Waals surface area contributed by atoms with Crippen LogP contribution in [0.4, 0.5) is 5.69 Å². The number of hydrogen-bond acceptors (Lipinski definition) is 6. The molecule has 6 nitrogen and oxygen atoms in total. The summed E-state index contributed by atoms with van der Waals surface area (Å²) >= 11 is 6.30. The molecule has 7 heteroatoms. The Morgan fingerprint density at radius 1 is 1.39 bits per heavy atom. The van der Waals surface area contributed by atoms with Gasteiger partial charge in [0.2, 0.25) is 0 Å². The van der Waals surface area contributed by atoms with Gasteiger partial charge in [-0.1, -0.05) is 11.6 Å². The topological polar surface area (TPSA) is 86.3 Å². The summed E-state index contributed by atoms with van der Waals surface area (Å²) in [5, 5.41) is 31.8. The molecule has 1 unspecified atom stereocenters. The standard InChI is InChI=1S/C16H18ClN5O/c1-9-12(4-3-11(7-18)14(9)17)22-10(2)15-13(23)5-6-21(15)16(22)20-8-19/h3-4,10,13,15-16,20,23H,5-6H2,1-2H3/t10-,13-,15+,16?/m0/s1. The van der Waals surface area contributed by atoms with Crippen LogP contribution in [0.3, 0.4) is 0 Å². The summed E-state index contributed by atoms with van der Waals surface area (Å²) < 4.78 is 0. The van der Waals surface area contributed by atoms with Gasteiger partial charge in [-0.3, -0.25) is 10.2 Å². The Morgan fingerprint density at radius 2 is 2.13 bits per heavy atom. The average molecular weight is 332 g/mol. The van der Waals surface area contributed by atoms with Crippen LogP contribution in [0.25, 0.3) is 0 Å². The Hall–Kier alpha value is -1.99. The number of hydrogen-bond donors (Lipinski definition) is 2. The van der Waals surface area contributed by atoms with E-state index in [2.05, 4.69) is 21.2 Å². The van der Waals surface area contributed by atoms with Gasteiger partial charge < -0.3 is 10.0 Å². The lowest BCUT2D eigenvalue weighted by Gasteiger charge is -2.33. The largest absolute Gasteiger partial charge is 0.391 e. The summed E-state index contributed by atoms with van der Waals surface area (Å²) in [5.41, 5.74) is 2.11. The minimum Gasteiger partial charge on any atom is -0.391 e. The zero-order chi connectivity index (χ0) is 16.7. The van der Waals surface area contributed by atoms with Crippen molar-refractivity contribution in [1.82, 2.24) is 10.2 Å². The maximum Gasteiger partial charge on any atom is 0.179 e. The van der Waals surface area contributed by atoms with Gasteiger partial charge in [0.15, 0.2) is 12.5 Å². The van der Waals surface area contributed by atoms with Crippen LogP contribution in [0, 0.1) is 29.7 Å². The van der Waals surface area contributed by atoms with E-state index in [-0.39, 0.29) is 18.4 Å². The average Bonchev–Trinajstić information content (AvgIpc) is 3.03. The van der Waals surface area contributed by atoms with Crippen LogP contribution in [-0.2, 0) is 0 Å². The van der Waals surface area contributed by atoms with Crippen molar-refractivity contribution in [2.24, 2.45) is 0 Å². The van der Waals surface area contributed by atoms with Gasteiger partial charge >= 0.3 is 0 Å². The Bertz CT molecular complexity index is 710. The Morgan fingerprint density at radius 3 is 2.78 bits per heavy atom. The van der Waals surface area contributed by atoms with E-state index in [4.69, 9.17) is 22.1 Å². The molecule has 2 heterocycles. The second-order valence-corrected chi connectivity index (χ2v) is 6.42. The van der Waals surface area contributed by atoms with Crippen molar-refractivity contribution in [3.63, 3.8) is 0 Å². The molecule has 0 aliphatic carbocycles. The maximum atomic E-state index is 10.3. The van der Waals surface area contributed by atoms with Crippen LogP contribution in [-0.4, -0.2) is 41.0 Å². The lowest BCUT2D eigenvalue weighted by molar-refractivity contribution is 0.118. The fraction of sp³-hybridized carbons (Fsp3) is 0.500. The van der Waals surface area contributed by atoms with Crippen LogP contribution < -0.4 is 10.2 Å². The van der Waals surface area contributed by atoms with Gasteiger partial charge in [-0.25, -0.2) is 0 Å². The fourth-order valence-electron chi connectivity index (χ4n) is 3.86. The molecule has 2 saturated heterocycles. The number of halogens is 1. The molecule has 2 fully saturated rings. The predicted molar refractivity (Wildman–Crippen MR) is 86.5 cm³/mol. The molecule has 120 valence electrons. The first-order valence-corrected chi connectivity index (χ1v) is 7.95. The van der Waals surface area contributed by atoms with Gasteiger partial charge in [-0.2, -0.15) is 10.5 Å². The number of fused-ring (bicyclic) bond motifs is 1. The Balaban J connectivity index is 2.06. The molecular weight excluding hydrogens is 314 g/mol. The van der Waals surface area contributed by atoms with E-state index < -0.39 is 6.10 Å². The predicted octanol–water partition coefficient (Wildman–Crippen LogP) is 1.52. The third-order valence-corrected chi connectivity index (χ3v) is 5.41. The van der Waals surface area contributed by atoms with E-state index in [1.54, 1.807) is 6.07 Å². The first-order chi connectivity index (χ1) is 11.0. The summed E-state index contributed by atoms with van der Waals surface area (Å²) in [7, 11) is 0. The van der Waals surface area contributed by atoms with Crippen molar-refractivity contribution in [2.75, 3.05) is 11.4 Å². The van der Waals surface area contributed by atoms with E-state index in [1.165, 1.54) is 0 Å². The third-order valence-electron chi connectivity index (χ3n) is 4.92. The number of nitrogens with zero attached hydrogens (tertiary/aromatic N) is 4. The number of nitrogens with one attached hydrogen (secondary N) is 1. The highest BCUT2D eigenvalue weighted by molar-refractivity contribution is 6.32. The molecule has 4 atom stereocenters. The second-order valence-electron chi connectivity index (χ2n) is 6.05. The van der Waals surface area contributed by atoms with Crippen molar-refractivity contribution in [1.29, 1.82) is 10.5 Å². The fourth-order valence-corrected chi connectivity index (χ4v) is 4.06. The zero-order valence-corrected chi connectivity index (χ0v) is 13.7. The molecule has 0 radical (unpaired) electrons. The number of rotatable bonds is 2. The lowest BCUT2D eigenvalue weighted by Crippen LogP contribution is -2.49. The summed E-state index contributed by atoms with van der Waals surface area (Å²) in [6.45, 7) is 4.64. The van der Waals surface area contributed by atoms with E-state index in [1.807, 2.05) is 26.1 Å². The third kappa shape index (κ3) is 2.31. The van der Waals surface area contributed by atoms with Crippen molar-refractivity contribution in [3.8, 4) is 12.3 Å². The van der Waals surface area contributed by atoms with Crippen molar-refractivity contribution >= 4 is 17.3 Å². The van der Waals surface area contributed by atoms with E-state index in [9.17, 15) is 5.11 Å². The number of nitriles is 2. The van der Waals surface area contributed by atoms with Crippen LogP contribution in [0.2, 0.25) is 5.02 Å². The summed E-state index contributed by atoms with van der Waals surface area (Å²) in [4.78, 5) is 4.18. The minimum absolute atomic E-state index is 0.0149. The van der Waals surface area contributed by atoms with Crippen molar-refractivity contribution in [3.05, 3.63) is 28.3 Å². The molecule has 0 amide bonds. The summed E-state index contributed by atoms with van der Waals surface area (Å²) in [6, 6.07) is 5.61. The minimum atomic E-state index is -0.410. The maximum absolute atomic E-state index is 10.3. The Kier molecular flexibility index (Phi) is 4.08. The van der Waals surface area contributed by atoms with Crippen molar-refractivity contribution in [2.45, 2.75) is 44.7 Å². The van der Waals surface area contributed by atoms with Crippen LogP contribution in [0.1, 0.15) is 24.5 Å². The zero-order valence-electron chi connectivity index (χ0n) is 13.0. The Labute approximate surface area is 140 Å². The molecule has 2 N–H and O–H groups in total. The number of aliphatic hydroxyl groups excluding tert-OH is 1. The second kappa shape index (κ2) is 5.90. The van der Waals surface area contributed by atoms with Crippen LogP contribution in [0.5, 0.6) is 0 Å². The molecule has 0 saturated carbocycles. The summed E-state index contributed by atoms with van der Waals surface area (Å²) in [5.74, 6) is 0. The molecule has 0 bridgehead atoms. The number of benzene rings is 1. The normalized spacial score (nSPS) is 29.9. The first kappa shape index (κ1) is 15.9. The van der Waals surface area contributed by atoms with Gasteiger partial charge in [-0.05, 0) is 38.0 Å². The number of anilines is 1. The SMILES string of the molecule is Cc1c(N2C(NC#N)N3CC[C@H](O)[C@H]3[C@@H]2C)ccc(C#N)c1Cl. The molecule has 1 aromatic rings. The smallest absolute Gasteiger partial charge is 0.179 e. The molecule has 3 rings (SSSR count). The molecule has 1 aromatic carbocycles. The van der Waals surface area contributed by atoms with Gasteiger partial charge in [0, 0.05) is 18.3 Å². The lowest BCUT2D eigenvalue weighted by atomic mass is 10.0. The molecule has 2 aliphatic heterocycles. The highest BCUT2D eigenvalue weighted by atomic mass is 35.5. The quantitative estimate of drug-likeness (QED) is 0.631. The first-order valence-electron chi connectivity index (χ1n) is 7.57. The van der Waals surface area contributed by atoms with Gasteiger partial charge in [-0.15, -0.1) is 0 Å². The van der Waals surface area contributed by atoms with Gasteiger partial charge in [0.25, 0.3) is 0 Å². The van der Waals surface area contributed by atoms with E-state index >= 15 is 0 Å². The summed E-state index contributed by atoms with van der Waals surface area (Å²) in [6.07, 6.45) is 1.99. The van der Waals surface area contributed by atoms with Crippen LogP contribution >= 0.6 is 11.6 Å². The van der Waals surface area contributed by atoms with E-state index in [0.717, 1.165) is 17.8 Å². The monoisotopic (exact) mass is 331 g/mol. The molecule has 0 spiro atoms. The van der Waals surface area contributed by atoms with Gasteiger partial charge in [0.1, 0.15) is 6.07 Å². The molecule has 0 aromatic heterocycles. The highest BCUT2D eigenvalue weighted by Crippen LogP contribution is 2.40. The molecule has 23 heavy (non-hydrogen) atoms. The van der Waals surface area contributed by atoms with Crippen molar-refractivity contribution < 1.29 is 5.11 Å². The number of aliphatic hydroxyl groups is 1. The van der Waals surface area contributed by atoms with Gasteiger partial charge in [0.05, 0.1) is 22.7 Å². The highest BCUT2D eigenvalue weighted by Gasteiger charge is 2.51. The molecular formula is C16H18ClN5O.